The predicted octanol–water partition coefficient (Wildman–Crippen LogP) is 0.962. The number of carbonyl (C=O) groups excluding carboxylic acids is 2. The van der Waals surface area contributed by atoms with Crippen molar-refractivity contribution >= 4 is 12.3 Å². The van der Waals surface area contributed by atoms with Gasteiger partial charge in [0.1, 0.15) is 12.0 Å². The van der Waals surface area contributed by atoms with Crippen LogP contribution in [-0.2, 0) is 14.3 Å². The van der Waals surface area contributed by atoms with Crippen LogP contribution in [0.4, 0.5) is 0 Å². The van der Waals surface area contributed by atoms with Gasteiger partial charge in [-0.3, -0.25) is 4.79 Å². The van der Waals surface area contributed by atoms with Crippen molar-refractivity contribution in [2.24, 2.45) is 0 Å². The Bertz CT molecular complexity index is 271. The minimum Gasteiger partial charge on any atom is -0.423 e. The van der Waals surface area contributed by atoms with Crippen LogP contribution in [0.2, 0.25) is 0 Å². The van der Waals surface area contributed by atoms with Gasteiger partial charge in [0, 0.05) is 11.1 Å². The van der Waals surface area contributed by atoms with Gasteiger partial charge in [-0.2, -0.15) is 0 Å². The fraction of sp³-hybridized carbons (Fsp3) is 0.250. The van der Waals surface area contributed by atoms with E-state index < -0.39 is 0 Å². The Morgan fingerprint density at radius 1 is 1.64 bits per heavy atom. The zero-order chi connectivity index (χ0) is 8.43. The highest BCUT2D eigenvalue weighted by Gasteiger charge is 2.18. The average Bonchev–Trinajstić information content (AvgIpc) is 2.31. The van der Waals surface area contributed by atoms with Gasteiger partial charge in [-0.1, -0.05) is 0 Å². The van der Waals surface area contributed by atoms with E-state index in [1.807, 2.05) is 0 Å². The van der Waals surface area contributed by atoms with E-state index in [1.54, 1.807) is 19.9 Å². The van der Waals surface area contributed by atoms with Gasteiger partial charge >= 0.3 is 5.97 Å². The lowest BCUT2D eigenvalue weighted by Gasteiger charge is -1.95. The zero-order valence-electron chi connectivity index (χ0n) is 6.38. The Balaban J connectivity index is 2.99. The van der Waals surface area contributed by atoms with Gasteiger partial charge in [0.15, 0.2) is 0 Å². The van der Waals surface area contributed by atoms with Crippen molar-refractivity contribution in [3.8, 4) is 0 Å². The molecule has 0 atom stereocenters. The third kappa shape index (κ3) is 1.37. The molecule has 0 aromatic rings. The van der Waals surface area contributed by atoms with Crippen molar-refractivity contribution in [3.05, 3.63) is 23.0 Å². The molecule has 0 unspecified atom stereocenters. The van der Waals surface area contributed by atoms with E-state index in [1.165, 1.54) is 0 Å². The van der Waals surface area contributed by atoms with Gasteiger partial charge in [0.25, 0.3) is 0 Å². The summed E-state index contributed by atoms with van der Waals surface area (Å²) >= 11 is 0. The van der Waals surface area contributed by atoms with Crippen LogP contribution in [0, 0.1) is 0 Å². The first-order chi connectivity index (χ1) is 5.15. The Morgan fingerprint density at radius 3 is 2.64 bits per heavy atom. The minimum absolute atomic E-state index is 0.363. The molecule has 0 bridgehead atoms. The maximum absolute atomic E-state index is 10.8. The van der Waals surface area contributed by atoms with E-state index >= 15 is 0 Å². The highest BCUT2D eigenvalue weighted by atomic mass is 16.5. The second kappa shape index (κ2) is 2.70. The molecule has 11 heavy (non-hydrogen) atoms. The average molecular weight is 152 g/mol. The number of cyclic esters (lactones) is 1. The molecule has 3 heteroatoms. The van der Waals surface area contributed by atoms with E-state index in [4.69, 9.17) is 4.74 Å². The van der Waals surface area contributed by atoms with Crippen LogP contribution < -0.4 is 0 Å². The molecule has 1 aliphatic rings. The number of esters is 1. The SMILES string of the molecule is CC1=C/C(=C(/C)C=O)OC1=O. The van der Waals surface area contributed by atoms with Crippen molar-refractivity contribution in [2.45, 2.75) is 13.8 Å². The smallest absolute Gasteiger partial charge is 0.339 e. The van der Waals surface area contributed by atoms with Crippen LogP contribution in [-0.4, -0.2) is 12.3 Å². The molecule has 0 radical (unpaired) electrons. The summed E-state index contributed by atoms with van der Waals surface area (Å²) in [6.07, 6.45) is 2.23. The van der Waals surface area contributed by atoms with E-state index in [-0.39, 0.29) is 5.97 Å². The van der Waals surface area contributed by atoms with Gasteiger partial charge in [-0.25, -0.2) is 4.79 Å². The molecule has 1 rings (SSSR count). The van der Waals surface area contributed by atoms with Crippen molar-refractivity contribution in [3.63, 3.8) is 0 Å². The van der Waals surface area contributed by atoms with Crippen LogP contribution in [0.15, 0.2) is 23.0 Å². The topological polar surface area (TPSA) is 43.4 Å². The van der Waals surface area contributed by atoms with E-state index in [2.05, 4.69) is 0 Å². The van der Waals surface area contributed by atoms with Crippen molar-refractivity contribution in [2.75, 3.05) is 0 Å². The maximum Gasteiger partial charge on any atom is 0.339 e. The van der Waals surface area contributed by atoms with Crippen molar-refractivity contribution < 1.29 is 14.3 Å². The fourth-order valence-corrected chi connectivity index (χ4v) is 0.718. The highest BCUT2D eigenvalue weighted by molar-refractivity contribution is 5.93. The van der Waals surface area contributed by atoms with Crippen LogP contribution in [0.5, 0.6) is 0 Å². The second-order valence-electron chi connectivity index (χ2n) is 2.38. The Hall–Kier alpha value is -1.38. The van der Waals surface area contributed by atoms with Gasteiger partial charge in [0.2, 0.25) is 0 Å². The molecule has 0 saturated heterocycles. The molecule has 58 valence electrons. The number of allylic oxidation sites excluding steroid dienone is 2. The number of rotatable bonds is 1. The molecule has 0 saturated carbocycles. The third-order valence-corrected chi connectivity index (χ3v) is 1.44. The second-order valence-corrected chi connectivity index (χ2v) is 2.38. The first kappa shape index (κ1) is 7.72. The standard InChI is InChI=1S/C8H8O3/c1-5-3-7(6(2)4-9)11-8(5)10/h3-4H,1-2H3/b7-6+. The molecule has 0 aromatic heterocycles. The minimum atomic E-state index is -0.374. The van der Waals surface area contributed by atoms with E-state index in [9.17, 15) is 9.59 Å². The molecular formula is C8H8O3. The molecule has 1 aliphatic heterocycles. The van der Waals surface area contributed by atoms with E-state index in [0.29, 0.717) is 23.2 Å². The molecule has 0 amide bonds. The first-order valence-electron chi connectivity index (χ1n) is 3.21. The summed E-state index contributed by atoms with van der Waals surface area (Å²) in [5, 5.41) is 0. The van der Waals surface area contributed by atoms with Crippen LogP contribution in [0.25, 0.3) is 0 Å². The lowest BCUT2D eigenvalue weighted by atomic mass is 10.2. The lowest BCUT2D eigenvalue weighted by molar-refractivity contribution is -0.133. The molecule has 1 heterocycles. The molecule has 0 fully saturated rings. The summed E-state index contributed by atoms with van der Waals surface area (Å²) in [7, 11) is 0. The maximum atomic E-state index is 10.8. The predicted molar refractivity (Wildman–Crippen MR) is 38.6 cm³/mol. The van der Waals surface area contributed by atoms with Gasteiger partial charge in [0.05, 0.1) is 0 Å². The quantitative estimate of drug-likeness (QED) is 0.319. The first-order valence-corrected chi connectivity index (χ1v) is 3.21. The summed E-state index contributed by atoms with van der Waals surface area (Å²) in [4.78, 5) is 21.0. The summed E-state index contributed by atoms with van der Waals surface area (Å²) in [5.41, 5.74) is 0.969. The van der Waals surface area contributed by atoms with E-state index in [0.717, 1.165) is 0 Å². The Labute approximate surface area is 64.3 Å². The number of hydrogen-bond donors (Lipinski definition) is 0. The molecule has 0 aromatic carbocycles. The van der Waals surface area contributed by atoms with Crippen molar-refractivity contribution in [1.29, 1.82) is 0 Å². The normalized spacial score (nSPS) is 20.9. The number of carbonyl (C=O) groups is 2. The molecule has 0 spiro atoms. The van der Waals surface area contributed by atoms with Crippen molar-refractivity contribution in [1.82, 2.24) is 0 Å². The van der Waals surface area contributed by atoms with Crippen LogP contribution >= 0.6 is 0 Å². The van der Waals surface area contributed by atoms with Crippen LogP contribution in [0.3, 0.4) is 0 Å². The Morgan fingerprint density at radius 2 is 2.27 bits per heavy atom. The molecule has 0 N–H and O–H groups in total. The van der Waals surface area contributed by atoms with Gasteiger partial charge in [-0.15, -0.1) is 0 Å². The molecule has 0 aliphatic carbocycles. The summed E-state index contributed by atoms with van der Waals surface area (Å²) in [6, 6.07) is 0. The Kier molecular flexibility index (Phi) is 1.89. The third-order valence-electron chi connectivity index (χ3n) is 1.44. The number of ether oxygens (including phenoxy) is 1. The summed E-state index contributed by atoms with van der Waals surface area (Å²) in [6.45, 7) is 3.25. The molecule has 3 nitrogen and oxygen atoms in total. The molecular weight excluding hydrogens is 144 g/mol. The van der Waals surface area contributed by atoms with Gasteiger partial charge in [-0.05, 0) is 19.9 Å². The fourth-order valence-electron chi connectivity index (χ4n) is 0.718. The highest BCUT2D eigenvalue weighted by Crippen LogP contribution is 2.18. The largest absolute Gasteiger partial charge is 0.423 e. The monoisotopic (exact) mass is 152 g/mol. The summed E-state index contributed by atoms with van der Waals surface area (Å²) < 4.78 is 4.74. The van der Waals surface area contributed by atoms with Gasteiger partial charge < -0.3 is 4.74 Å². The van der Waals surface area contributed by atoms with Crippen LogP contribution in [0.1, 0.15) is 13.8 Å². The number of aldehydes is 1. The lowest BCUT2D eigenvalue weighted by Crippen LogP contribution is -1.96. The zero-order valence-corrected chi connectivity index (χ0v) is 6.38. The summed E-state index contributed by atoms with van der Waals surface area (Å²) in [5.74, 6) is -0.0105. The number of hydrogen-bond acceptors (Lipinski definition) is 3.